The Morgan fingerprint density at radius 3 is 2.63 bits per heavy atom. The number of hydrogen-bond acceptors (Lipinski definition) is 3. The molecule has 0 bridgehead atoms. The lowest BCUT2D eigenvalue weighted by atomic mass is 10.0. The van der Waals surface area contributed by atoms with Crippen LogP contribution in [-0.4, -0.2) is 39.1 Å². The largest absolute Gasteiger partial charge is 0.480 e. The summed E-state index contributed by atoms with van der Waals surface area (Å²) in [5.74, 6) is -0.676. The summed E-state index contributed by atoms with van der Waals surface area (Å²) in [7, 11) is 0. The summed E-state index contributed by atoms with van der Waals surface area (Å²) in [5.41, 5.74) is 2.57. The Morgan fingerprint density at radius 2 is 2.05 bits per heavy atom. The molecular weight excluding hydrogens is 262 g/mol. The maximum Gasteiger partial charge on any atom is 0.327 e. The van der Waals surface area contributed by atoms with E-state index in [1.807, 2.05) is 32.9 Å². The SMILES string of the molecule is Cc1ccc(C(=O)N2C(C)SCC2C(=O)O)c(C)c1. The number of rotatable bonds is 2. The van der Waals surface area contributed by atoms with Gasteiger partial charge in [-0.15, -0.1) is 11.8 Å². The molecule has 19 heavy (non-hydrogen) atoms. The van der Waals surface area contributed by atoms with E-state index in [2.05, 4.69) is 0 Å². The number of benzene rings is 1. The van der Waals surface area contributed by atoms with Gasteiger partial charge in [-0.05, 0) is 32.4 Å². The van der Waals surface area contributed by atoms with E-state index < -0.39 is 12.0 Å². The second-order valence-electron chi connectivity index (χ2n) is 4.82. The molecule has 5 heteroatoms. The molecule has 1 fully saturated rings. The first kappa shape index (κ1) is 13.9. The van der Waals surface area contributed by atoms with Gasteiger partial charge < -0.3 is 10.0 Å². The molecule has 1 aliphatic rings. The number of carboxylic acid groups (broad SMARTS) is 1. The van der Waals surface area contributed by atoms with E-state index in [1.165, 1.54) is 16.7 Å². The van der Waals surface area contributed by atoms with E-state index in [4.69, 9.17) is 0 Å². The van der Waals surface area contributed by atoms with E-state index in [-0.39, 0.29) is 11.3 Å². The van der Waals surface area contributed by atoms with Crippen LogP contribution in [0, 0.1) is 13.8 Å². The van der Waals surface area contributed by atoms with Crippen LogP contribution in [0.25, 0.3) is 0 Å². The van der Waals surface area contributed by atoms with Crippen molar-refractivity contribution in [3.63, 3.8) is 0 Å². The van der Waals surface area contributed by atoms with Crippen molar-refractivity contribution < 1.29 is 14.7 Å². The van der Waals surface area contributed by atoms with E-state index in [0.717, 1.165) is 11.1 Å². The number of thioether (sulfide) groups is 1. The molecule has 0 spiro atoms. The highest BCUT2D eigenvalue weighted by Gasteiger charge is 2.40. The van der Waals surface area contributed by atoms with Crippen molar-refractivity contribution in [2.24, 2.45) is 0 Å². The van der Waals surface area contributed by atoms with Crippen LogP contribution < -0.4 is 0 Å². The maximum absolute atomic E-state index is 12.6. The van der Waals surface area contributed by atoms with Gasteiger partial charge in [-0.2, -0.15) is 0 Å². The van der Waals surface area contributed by atoms with Gasteiger partial charge in [0.15, 0.2) is 0 Å². The molecule has 1 aromatic carbocycles. The topological polar surface area (TPSA) is 57.6 Å². The minimum Gasteiger partial charge on any atom is -0.480 e. The molecule has 1 saturated heterocycles. The van der Waals surface area contributed by atoms with Gasteiger partial charge in [0.25, 0.3) is 5.91 Å². The van der Waals surface area contributed by atoms with Crippen molar-refractivity contribution in [2.75, 3.05) is 5.75 Å². The Kier molecular flexibility index (Phi) is 3.85. The monoisotopic (exact) mass is 279 g/mol. The molecule has 1 amide bonds. The lowest BCUT2D eigenvalue weighted by molar-refractivity contribution is -0.141. The van der Waals surface area contributed by atoms with Gasteiger partial charge in [-0.3, -0.25) is 4.79 Å². The van der Waals surface area contributed by atoms with E-state index in [1.54, 1.807) is 6.07 Å². The van der Waals surface area contributed by atoms with Crippen molar-refractivity contribution in [3.05, 3.63) is 34.9 Å². The van der Waals surface area contributed by atoms with E-state index in [0.29, 0.717) is 11.3 Å². The number of hydrogen-bond donors (Lipinski definition) is 1. The highest BCUT2D eigenvalue weighted by atomic mass is 32.2. The second-order valence-corrected chi connectivity index (χ2v) is 6.17. The number of nitrogens with zero attached hydrogens (tertiary/aromatic N) is 1. The number of aliphatic carboxylic acids is 1. The van der Waals surface area contributed by atoms with Crippen molar-refractivity contribution >= 4 is 23.6 Å². The smallest absolute Gasteiger partial charge is 0.327 e. The molecule has 1 N–H and O–H groups in total. The van der Waals surface area contributed by atoms with Crippen LogP contribution in [-0.2, 0) is 4.79 Å². The minimum absolute atomic E-state index is 0.102. The first-order valence-electron chi connectivity index (χ1n) is 6.16. The summed E-state index contributed by atoms with van der Waals surface area (Å²) in [6, 6.07) is 4.87. The highest BCUT2D eigenvalue weighted by Crippen LogP contribution is 2.31. The Labute approximate surface area is 116 Å². The molecule has 1 aliphatic heterocycles. The molecule has 2 unspecified atom stereocenters. The minimum atomic E-state index is -0.935. The third-order valence-corrected chi connectivity index (χ3v) is 4.57. The van der Waals surface area contributed by atoms with E-state index in [9.17, 15) is 14.7 Å². The lowest BCUT2D eigenvalue weighted by Gasteiger charge is -2.25. The van der Waals surface area contributed by atoms with Crippen molar-refractivity contribution in [2.45, 2.75) is 32.2 Å². The molecule has 2 rings (SSSR count). The predicted octanol–water partition coefficient (Wildman–Crippen LogP) is 2.29. The number of aryl methyl sites for hydroxylation is 2. The number of amides is 1. The van der Waals surface area contributed by atoms with Crippen LogP contribution in [0.5, 0.6) is 0 Å². The molecule has 0 saturated carbocycles. The molecule has 0 aliphatic carbocycles. The van der Waals surface area contributed by atoms with Gasteiger partial charge in [0.1, 0.15) is 6.04 Å². The summed E-state index contributed by atoms with van der Waals surface area (Å²) < 4.78 is 0. The average Bonchev–Trinajstić information content (AvgIpc) is 2.70. The van der Waals surface area contributed by atoms with Crippen LogP contribution in [0.2, 0.25) is 0 Å². The van der Waals surface area contributed by atoms with Crippen molar-refractivity contribution in [1.82, 2.24) is 4.90 Å². The Bertz CT molecular complexity index is 529. The van der Waals surface area contributed by atoms with Crippen LogP contribution in [0.1, 0.15) is 28.4 Å². The Hall–Kier alpha value is -1.49. The standard InChI is InChI=1S/C14H17NO3S/c1-8-4-5-11(9(2)6-8)13(16)15-10(3)19-7-12(15)14(17)18/h4-6,10,12H,7H2,1-3H3,(H,17,18). The van der Waals surface area contributed by atoms with Crippen LogP contribution >= 0.6 is 11.8 Å². The first-order chi connectivity index (χ1) is 8.91. The molecule has 1 aromatic rings. The molecule has 1 heterocycles. The fourth-order valence-electron chi connectivity index (χ4n) is 2.33. The van der Waals surface area contributed by atoms with Gasteiger partial charge >= 0.3 is 5.97 Å². The van der Waals surface area contributed by atoms with Gasteiger partial charge in [0.2, 0.25) is 0 Å². The van der Waals surface area contributed by atoms with Crippen molar-refractivity contribution in [1.29, 1.82) is 0 Å². The zero-order valence-electron chi connectivity index (χ0n) is 11.2. The quantitative estimate of drug-likeness (QED) is 0.902. The number of carbonyl (C=O) groups excluding carboxylic acids is 1. The number of carbonyl (C=O) groups is 2. The molecular formula is C14H17NO3S. The van der Waals surface area contributed by atoms with Gasteiger partial charge in [0, 0.05) is 11.3 Å². The zero-order chi connectivity index (χ0) is 14.2. The normalized spacial score (nSPS) is 22.6. The fourth-order valence-corrected chi connectivity index (χ4v) is 3.50. The molecule has 0 aromatic heterocycles. The third kappa shape index (κ3) is 2.61. The molecule has 0 radical (unpaired) electrons. The third-order valence-electron chi connectivity index (χ3n) is 3.35. The Balaban J connectivity index is 2.34. The van der Waals surface area contributed by atoms with Gasteiger partial charge in [-0.1, -0.05) is 17.7 Å². The lowest BCUT2D eigenvalue weighted by Crippen LogP contribution is -2.45. The molecule has 102 valence electrons. The summed E-state index contributed by atoms with van der Waals surface area (Å²) >= 11 is 1.50. The predicted molar refractivity (Wildman–Crippen MR) is 75.4 cm³/mol. The summed E-state index contributed by atoms with van der Waals surface area (Å²) in [6.07, 6.45) is 0. The molecule has 2 atom stereocenters. The summed E-state index contributed by atoms with van der Waals surface area (Å²) in [6.45, 7) is 5.72. The average molecular weight is 279 g/mol. The van der Waals surface area contributed by atoms with Gasteiger partial charge in [-0.25, -0.2) is 4.79 Å². The van der Waals surface area contributed by atoms with Crippen LogP contribution in [0.15, 0.2) is 18.2 Å². The van der Waals surface area contributed by atoms with Crippen LogP contribution in [0.4, 0.5) is 0 Å². The Morgan fingerprint density at radius 1 is 1.37 bits per heavy atom. The first-order valence-corrected chi connectivity index (χ1v) is 7.21. The second kappa shape index (κ2) is 5.25. The fraction of sp³-hybridized carbons (Fsp3) is 0.429. The van der Waals surface area contributed by atoms with Crippen molar-refractivity contribution in [3.8, 4) is 0 Å². The van der Waals surface area contributed by atoms with Gasteiger partial charge in [0.05, 0.1) is 5.37 Å². The summed E-state index contributed by atoms with van der Waals surface area (Å²) in [4.78, 5) is 25.3. The highest BCUT2D eigenvalue weighted by molar-refractivity contribution is 8.00. The number of carboxylic acids is 1. The van der Waals surface area contributed by atoms with E-state index >= 15 is 0 Å². The molecule has 4 nitrogen and oxygen atoms in total. The van der Waals surface area contributed by atoms with Crippen LogP contribution in [0.3, 0.4) is 0 Å². The summed E-state index contributed by atoms with van der Waals surface area (Å²) in [5, 5.41) is 9.10. The maximum atomic E-state index is 12.6. The zero-order valence-corrected chi connectivity index (χ0v) is 12.0.